The van der Waals surface area contributed by atoms with Crippen molar-refractivity contribution in [3.8, 4) is 0 Å². The third-order valence-corrected chi connectivity index (χ3v) is 4.05. The summed E-state index contributed by atoms with van der Waals surface area (Å²) in [7, 11) is 0. The van der Waals surface area contributed by atoms with Gasteiger partial charge in [-0.1, -0.05) is 15.9 Å². The number of halogens is 2. The number of amides is 1. The van der Waals surface area contributed by atoms with Crippen LogP contribution in [-0.4, -0.2) is 30.0 Å². The molecular weight excluding hydrogens is 398 g/mol. The summed E-state index contributed by atoms with van der Waals surface area (Å²) in [5.74, 6) is -0.0735. The van der Waals surface area contributed by atoms with Gasteiger partial charge in [-0.15, -0.1) is 11.8 Å². The summed E-state index contributed by atoms with van der Waals surface area (Å²) >= 11 is 7.92. The summed E-state index contributed by atoms with van der Waals surface area (Å²) < 4.78 is 6.46. The predicted octanol–water partition coefficient (Wildman–Crippen LogP) is 3.45. The largest absolute Gasteiger partial charge is 0.465 e. The fourth-order valence-electron chi connectivity index (χ4n) is 1.21. The monoisotopic (exact) mass is 409 g/mol. The lowest BCUT2D eigenvalue weighted by molar-refractivity contribution is -0.139. The third kappa shape index (κ3) is 6.44. The van der Waals surface area contributed by atoms with Crippen molar-refractivity contribution in [3.05, 3.63) is 27.1 Å². The minimum absolute atomic E-state index is 0.159. The van der Waals surface area contributed by atoms with Gasteiger partial charge in [-0.25, -0.2) is 0 Å². The van der Waals surface area contributed by atoms with E-state index in [1.165, 1.54) is 11.8 Å². The zero-order chi connectivity index (χ0) is 14.3. The van der Waals surface area contributed by atoms with Crippen LogP contribution >= 0.6 is 43.6 Å². The fraction of sp³-hybridized carbons (Fsp3) is 0.333. The van der Waals surface area contributed by atoms with Crippen molar-refractivity contribution in [2.75, 3.05) is 23.4 Å². The van der Waals surface area contributed by atoms with Crippen molar-refractivity contribution in [2.45, 2.75) is 6.92 Å². The number of esters is 1. The number of hydrogen-bond donors (Lipinski definition) is 1. The number of nitrogens with one attached hydrogen (secondary N) is 1. The molecule has 0 radical (unpaired) electrons. The van der Waals surface area contributed by atoms with Crippen molar-refractivity contribution in [2.24, 2.45) is 0 Å². The first-order valence-corrected chi connectivity index (χ1v) is 8.25. The van der Waals surface area contributed by atoms with E-state index in [0.29, 0.717) is 12.3 Å². The van der Waals surface area contributed by atoms with Gasteiger partial charge in [0.25, 0.3) is 0 Å². The van der Waals surface area contributed by atoms with Crippen molar-refractivity contribution in [1.82, 2.24) is 0 Å². The lowest BCUT2D eigenvalue weighted by Crippen LogP contribution is -2.16. The minimum Gasteiger partial charge on any atom is -0.465 e. The van der Waals surface area contributed by atoms with Crippen molar-refractivity contribution >= 4 is 61.2 Å². The minimum atomic E-state index is -0.302. The average Bonchev–Trinajstić information content (AvgIpc) is 2.34. The Kier molecular flexibility index (Phi) is 7.48. The summed E-state index contributed by atoms with van der Waals surface area (Å²) in [6, 6.07) is 5.51. The molecule has 1 aromatic carbocycles. The molecule has 0 heterocycles. The number of carbonyl (C=O) groups is 2. The second-order valence-corrected chi connectivity index (χ2v) is 6.23. The molecule has 0 spiro atoms. The summed E-state index contributed by atoms with van der Waals surface area (Å²) in [5, 5.41) is 2.77. The maximum atomic E-state index is 11.7. The van der Waals surface area contributed by atoms with Crippen LogP contribution in [0.2, 0.25) is 0 Å². The van der Waals surface area contributed by atoms with E-state index >= 15 is 0 Å². The van der Waals surface area contributed by atoms with Crippen molar-refractivity contribution in [1.29, 1.82) is 0 Å². The van der Waals surface area contributed by atoms with E-state index in [1.54, 1.807) is 13.0 Å². The maximum Gasteiger partial charge on any atom is 0.315 e. The first kappa shape index (κ1) is 16.5. The van der Waals surface area contributed by atoms with Crippen LogP contribution in [0.25, 0.3) is 0 Å². The number of thioether (sulfide) groups is 1. The Morgan fingerprint density at radius 1 is 1.32 bits per heavy atom. The van der Waals surface area contributed by atoms with Crippen LogP contribution in [-0.2, 0) is 14.3 Å². The summed E-state index contributed by atoms with van der Waals surface area (Å²) in [6.07, 6.45) is 0. The predicted molar refractivity (Wildman–Crippen MR) is 84.4 cm³/mol. The number of ether oxygens (including phenoxy) is 1. The highest BCUT2D eigenvalue weighted by atomic mass is 79.9. The molecule has 0 unspecified atom stereocenters. The molecule has 0 aliphatic heterocycles. The van der Waals surface area contributed by atoms with Gasteiger partial charge in [0.05, 0.1) is 23.8 Å². The van der Waals surface area contributed by atoms with Crippen LogP contribution in [0.4, 0.5) is 5.69 Å². The van der Waals surface area contributed by atoms with Crippen molar-refractivity contribution < 1.29 is 14.3 Å². The van der Waals surface area contributed by atoms with Gasteiger partial charge < -0.3 is 10.1 Å². The smallest absolute Gasteiger partial charge is 0.315 e. The topological polar surface area (TPSA) is 55.4 Å². The van der Waals surface area contributed by atoms with Crippen LogP contribution in [0, 0.1) is 0 Å². The summed E-state index contributed by atoms with van der Waals surface area (Å²) in [5.41, 5.74) is 0.691. The standard InChI is InChI=1S/C12H13Br2NO3S/c1-2-18-12(17)7-19-6-11(16)15-10-5-8(13)3-4-9(10)14/h3-5H,2,6-7H2,1H3,(H,15,16). The molecule has 1 aromatic rings. The number of hydrogen-bond acceptors (Lipinski definition) is 4. The number of anilines is 1. The zero-order valence-corrected chi connectivity index (χ0v) is 14.2. The Labute approximate surface area is 132 Å². The lowest BCUT2D eigenvalue weighted by atomic mass is 10.3. The maximum absolute atomic E-state index is 11.7. The van der Waals surface area contributed by atoms with E-state index in [9.17, 15) is 9.59 Å². The highest BCUT2D eigenvalue weighted by molar-refractivity contribution is 9.11. The highest BCUT2D eigenvalue weighted by Crippen LogP contribution is 2.26. The molecule has 0 saturated heterocycles. The van der Waals surface area contributed by atoms with Crippen molar-refractivity contribution in [3.63, 3.8) is 0 Å². The van der Waals surface area contributed by atoms with Crippen LogP contribution in [0.1, 0.15) is 6.92 Å². The molecule has 0 fully saturated rings. The SMILES string of the molecule is CCOC(=O)CSCC(=O)Nc1cc(Br)ccc1Br. The van der Waals surface area contributed by atoms with Gasteiger partial charge in [-0.3, -0.25) is 9.59 Å². The Hall–Kier alpha value is -0.530. The van der Waals surface area contributed by atoms with Crippen LogP contribution in [0.15, 0.2) is 27.1 Å². The molecule has 0 bridgehead atoms. The molecule has 1 rings (SSSR count). The van der Waals surface area contributed by atoms with Gasteiger partial charge in [0.15, 0.2) is 0 Å². The summed E-state index contributed by atoms with van der Waals surface area (Å²) in [6.45, 7) is 2.11. The van der Waals surface area contributed by atoms with E-state index < -0.39 is 0 Å². The molecule has 104 valence electrons. The molecule has 7 heteroatoms. The van der Waals surface area contributed by atoms with E-state index in [4.69, 9.17) is 4.74 Å². The Morgan fingerprint density at radius 3 is 2.74 bits per heavy atom. The molecule has 4 nitrogen and oxygen atoms in total. The molecular formula is C12H13Br2NO3S. The molecule has 0 aliphatic carbocycles. The molecule has 0 atom stereocenters. The number of carbonyl (C=O) groups excluding carboxylic acids is 2. The average molecular weight is 411 g/mol. The van der Waals surface area contributed by atoms with Gasteiger partial charge in [0, 0.05) is 8.95 Å². The fourth-order valence-corrected chi connectivity index (χ4v) is 2.53. The molecule has 0 saturated carbocycles. The van der Waals surface area contributed by atoms with Gasteiger partial charge in [0.2, 0.25) is 5.91 Å². The van der Waals surface area contributed by atoms with E-state index in [2.05, 4.69) is 37.2 Å². The lowest BCUT2D eigenvalue weighted by Gasteiger charge is -2.07. The van der Waals surface area contributed by atoms with E-state index in [-0.39, 0.29) is 23.4 Å². The highest BCUT2D eigenvalue weighted by Gasteiger charge is 2.08. The molecule has 1 amide bonds. The molecule has 0 aromatic heterocycles. The summed E-state index contributed by atoms with van der Waals surface area (Å²) in [4.78, 5) is 22.8. The van der Waals surface area contributed by atoms with Gasteiger partial charge in [-0.05, 0) is 41.1 Å². The number of rotatable bonds is 6. The second-order valence-electron chi connectivity index (χ2n) is 3.47. The van der Waals surface area contributed by atoms with Crippen LogP contribution in [0.5, 0.6) is 0 Å². The Morgan fingerprint density at radius 2 is 2.05 bits per heavy atom. The second kappa shape index (κ2) is 8.60. The van der Waals surface area contributed by atoms with Crippen LogP contribution < -0.4 is 5.32 Å². The van der Waals surface area contributed by atoms with Gasteiger partial charge in [-0.2, -0.15) is 0 Å². The molecule has 0 aliphatic rings. The zero-order valence-electron chi connectivity index (χ0n) is 10.2. The van der Waals surface area contributed by atoms with E-state index in [0.717, 1.165) is 8.95 Å². The molecule has 19 heavy (non-hydrogen) atoms. The quantitative estimate of drug-likeness (QED) is 0.729. The van der Waals surface area contributed by atoms with E-state index in [1.807, 2.05) is 12.1 Å². The van der Waals surface area contributed by atoms with Gasteiger partial charge in [0.1, 0.15) is 0 Å². The first-order chi connectivity index (χ1) is 9.02. The normalized spacial score (nSPS) is 10.1. The van der Waals surface area contributed by atoms with Gasteiger partial charge >= 0.3 is 5.97 Å². The molecule has 1 N–H and O–H groups in total. The Bertz CT molecular complexity index is 468. The Balaban J connectivity index is 2.39. The number of benzene rings is 1. The third-order valence-electron chi connectivity index (χ3n) is 1.96. The van der Waals surface area contributed by atoms with Crippen LogP contribution in [0.3, 0.4) is 0 Å². The first-order valence-electron chi connectivity index (χ1n) is 5.51.